The highest BCUT2D eigenvalue weighted by molar-refractivity contribution is 9.10. The highest BCUT2D eigenvalue weighted by atomic mass is 79.9. The average Bonchev–Trinajstić information content (AvgIpc) is 2.80. The average molecular weight is 367 g/mol. The van der Waals surface area contributed by atoms with Crippen LogP contribution in [0.25, 0.3) is 0 Å². The van der Waals surface area contributed by atoms with Crippen LogP contribution < -0.4 is 15.2 Å². The lowest BCUT2D eigenvalue weighted by Gasteiger charge is -2.21. The molecule has 1 aliphatic rings. The minimum absolute atomic E-state index is 0. The molecular weight excluding hydrogens is 346 g/mol. The Morgan fingerprint density at radius 1 is 1.25 bits per heavy atom. The number of fused-ring (bicyclic) bond motifs is 1. The van der Waals surface area contributed by atoms with E-state index in [1.54, 1.807) is 0 Å². The van der Waals surface area contributed by atoms with E-state index < -0.39 is 12.1 Å². The Hall–Kier alpha value is -0.490. The molecule has 2 rings (SSSR count). The largest absolute Gasteiger partial charge is 0.454 e. The first-order valence-electron chi connectivity index (χ1n) is 6.51. The fraction of sp³-hybridized carbons (Fsp3) is 0.571. The Morgan fingerprint density at radius 2 is 1.85 bits per heavy atom. The van der Waals surface area contributed by atoms with Crippen molar-refractivity contribution in [3.8, 4) is 11.5 Å². The second-order valence-electron chi connectivity index (χ2n) is 5.29. The summed E-state index contributed by atoms with van der Waals surface area (Å²) in [6, 6.07) is 3.25. The third-order valence-electron chi connectivity index (χ3n) is 3.31. The quantitative estimate of drug-likeness (QED) is 0.838. The van der Waals surface area contributed by atoms with Gasteiger partial charge >= 0.3 is 0 Å². The fourth-order valence-corrected chi connectivity index (χ4v) is 2.67. The van der Waals surface area contributed by atoms with E-state index in [1.807, 2.05) is 12.1 Å². The summed E-state index contributed by atoms with van der Waals surface area (Å²) in [5, 5.41) is 10.2. The lowest BCUT2D eigenvalue weighted by atomic mass is 9.96. The number of ether oxygens (including phenoxy) is 2. The molecule has 0 aromatic heterocycles. The Balaban J connectivity index is 0.00000200. The highest BCUT2D eigenvalue weighted by Crippen LogP contribution is 2.39. The molecule has 0 saturated carbocycles. The van der Waals surface area contributed by atoms with Crippen molar-refractivity contribution in [1.29, 1.82) is 0 Å². The number of aliphatic hydroxyl groups excluding tert-OH is 1. The van der Waals surface area contributed by atoms with Crippen molar-refractivity contribution in [3.05, 3.63) is 22.2 Å². The maximum Gasteiger partial charge on any atom is 0.231 e. The van der Waals surface area contributed by atoms with Crippen molar-refractivity contribution in [2.45, 2.75) is 38.8 Å². The van der Waals surface area contributed by atoms with Crippen LogP contribution in [-0.2, 0) is 0 Å². The third-order valence-corrected chi connectivity index (χ3v) is 3.99. The summed E-state index contributed by atoms with van der Waals surface area (Å²) in [5.41, 5.74) is 6.99. The van der Waals surface area contributed by atoms with Crippen molar-refractivity contribution in [2.24, 2.45) is 11.7 Å². The first-order chi connectivity index (χ1) is 8.99. The van der Waals surface area contributed by atoms with Gasteiger partial charge in [0.05, 0.1) is 12.1 Å². The highest BCUT2D eigenvalue weighted by Gasteiger charge is 2.23. The van der Waals surface area contributed by atoms with Crippen LogP contribution in [0.2, 0.25) is 0 Å². The molecular formula is C14H21BrClNO3. The molecule has 0 saturated heterocycles. The summed E-state index contributed by atoms with van der Waals surface area (Å²) in [7, 11) is 0. The number of hydrogen-bond acceptors (Lipinski definition) is 4. The second kappa shape index (κ2) is 7.50. The van der Waals surface area contributed by atoms with Gasteiger partial charge in [-0.15, -0.1) is 12.4 Å². The van der Waals surface area contributed by atoms with Gasteiger partial charge in [0.25, 0.3) is 0 Å². The molecule has 1 aromatic carbocycles. The Kier molecular flexibility index (Phi) is 6.58. The topological polar surface area (TPSA) is 64.7 Å². The second-order valence-corrected chi connectivity index (χ2v) is 6.15. The van der Waals surface area contributed by atoms with Crippen molar-refractivity contribution < 1.29 is 14.6 Å². The van der Waals surface area contributed by atoms with Gasteiger partial charge in [-0.05, 0) is 36.5 Å². The number of benzene rings is 1. The van der Waals surface area contributed by atoms with Gasteiger partial charge in [0, 0.05) is 4.47 Å². The lowest BCUT2D eigenvalue weighted by molar-refractivity contribution is 0.128. The predicted molar refractivity (Wildman–Crippen MR) is 84.5 cm³/mol. The smallest absolute Gasteiger partial charge is 0.231 e. The number of aliphatic hydroxyl groups is 1. The molecule has 0 amide bonds. The number of halogens is 2. The Bertz CT molecular complexity index is 456. The molecule has 4 nitrogen and oxygen atoms in total. The molecule has 0 unspecified atom stereocenters. The van der Waals surface area contributed by atoms with Crippen molar-refractivity contribution in [3.63, 3.8) is 0 Å². The fourth-order valence-electron chi connectivity index (χ4n) is 2.08. The standard InChI is InChI=1S/C14H20BrNO3.ClH/c1-8(2)3-4-11(17)14(16)9-5-12-13(6-10(9)15)19-7-18-12;/h5-6,8,11,14,17H,3-4,7,16H2,1-2H3;1H/t11-,14+;/m1./s1. The van der Waals surface area contributed by atoms with Gasteiger partial charge < -0.3 is 20.3 Å². The van der Waals surface area contributed by atoms with Crippen LogP contribution in [0.4, 0.5) is 0 Å². The van der Waals surface area contributed by atoms with E-state index >= 15 is 0 Å². The minimum Gasteiger partial charge on any atom is -0.454 e. The molecule has 0 radical (unpaired) electrons. The van der Waals surface area contributed by atoms with E-state index in [-0.39, 0.29) is 19.2 Å². The van der Waals surface area contributed by atoms with Gasteiger partial charge in [-0.3, -0.25) is 0 Å². The maximum absolute atomic E-state index is 10.2. The van der Waals surface area contributed by atoms with Gasteiger partial charge in [0.2, 0.25) is 6.79 Å². The molecule has 0 bridgehead atoms. The van der Waals surface area contributed by atoms with Crippen LogP contribution in [0.1, 0.15) is 38.3 Å². The van der Waals surface area contributed by atoms with Gasteiger partial charge in [-0.25, -0.2) is 0 Å². The van der Waals surface area contributed by atoms with Gasteiger partial charge in [0.15, 0.2) is 11.5 Å². The van der Waals surface area contributed by atoms with Crippen molar-refractivity contribution in [2.75, 3.05) is 6.79 Å². The van der Waals surface area contributed by atoms with Crippen molar-refractivity contribution >= 4 is 28.3 Å². The zero-order valence-electron chi connectivity index (χ0n) is 11.6. The SMILES string of the molecule is CC(C)CC[C@@H](O)[C@@H](N)c1cc2c(cc1Br)OCO2.Cl. The summed E-state index contributed by atoms with van der Waals surface area (Å²) in [4.78, 5) is 0. The molecule has 6 heteroatoms. The zero-order chi connectivity index (χ0) is 14.0. The normalized spacial score (nSPS) is 15.9. The van der Waals surface area contributed by atoms with Gasteiger partial charge in [-0.1, -0.05) is 29.8 Å². The predicted octanol–water partition coefficient (Wildman–Crippen LogP) is 3.40. The van der Waals surface area contributed by atoms with Crippen LogP contribution in [0.15, 0.2) is 16.6 Å². The number of hydrogen-bond donors (Lipinski definition) is 2. The third kappa shape index (κ3) is 4.01. The number of rotatable bonds is 5. The van der Waals surface area contributed by atoms with E-state index in [4.69, 9.17) is 15.2 Å². The van der Waals surface area contributed by atoms with E-state index in [2.05, 4.69) is 29.8 Å². The summed E-state index contributed by atoms with van der Waals surface area (Å²) < 4.78 is 11.5. The number of nitrogens with two attached hydrogens (primary N) is 1. The van der Waals surface area contributed by atoms with Gasteiger partial charge in [-0.2, -0.15) is 0 Å². The molecule has 2 atom stereocenters. The Labute approximate surface area is 134 Å². The van der Waals surface area contributed by atoms with Gasteiger partial charge in [0.1, 0.15) is 0 Å². The summed E-state index contributed by atoms with van der Waals surface area (Å²) in [5.74, 6) is 1.95. The zero-order valence-corrected chi connectivity index (χ0v) is 14.0. The first kappa shape index (κ1) is 17.6. The molecule has 1 heterocycles. The molecule has 0 aliphatic carbocycles. The lowest BCUT2D eigenvalue weighted by Crippen LogP contribution is -2.26. The molecule has 1 aromatic rings. The van der Waals surface area contributed by atoms with Crippen LogP contribution in [0.3, 0.4) is 0 Å². The van der Waals surface area contributed by atoms with E-state index in [1.165, 1.54) is 0 Å². The van der Waals surface area contributed by atoms with Crippen LogP contribution >= 0.6 is 28.3 Å². The van der Waals surface area contributed by atoms with E-state index in [9.17, 15) is 5.11 Å². The van der Waals surface area contributed by atoms with Crippen LogP contribution in [0.5, 0.6) is 11.5 Å². The van der Waals surface area contributed by atoms with Crippen molar-refractivity contribution in [1.82, 2.24) is 0 Å². The van der Waals surface area contributed by atoms with Crippen LogP contribution in [0, 0.1) is 5.92 Å². The monoisotopic (exact) mass is 365 g/mol. The molecule has 0 fully saturated rings. The minimum atomic E-state index is -0.556. The molecule has 0 spiro atoms. The van der Waals surface area contributed by atoms with E-state index in [0.717, 1.165) is 16.5 Å². The molecule has 20 heavy (non-hydrogen) atoms. The molecule has 3 N–H and O–H groups in total. The first-order valence-corrected chi connectivity index (χ1v) is 7.31. The summed E-state index contributed by atoms with van der Waals surface area (Å²) in [6.07, 6.45) is 1.09. The van der Waals surface area contributed by atoms with E-state index in [0.29, 0.717) is 23.8 Å². The summed E-state index contributed by atoms with van der Waals surface area (Å²) >= 11 is 3.47. The molecule has 114 valence electrons. The summed E-state index contributed by atoms with van der Waals surface area (Å²) in [6.45, 7) is 4.50. The molecule has 1 aliphatic heterocycles. The van der Waals surface area contributed by atoms with Crippen LogP contribution in [-0.4, -0.2) is 18.0 Å². The Morgan fingerprint density at radius 3 is 2.45 bits per heavy atom. The maximum atomic E-state index is 10.2.